The maximum absolute atomic E-state index is 12.7. The van der Waals surface area contributed by atoms with Crippen molar-refractivity contribution in [3.63, 3.8) is 0 Å². The first-order valence-corrected chi connectivity index (χ1v) is 10.0. The van der Waals surface area contributed by atoms with E-state index in [0.29, 0.717) is 25.0 Å². The van der Waals surface area contributed by atoms with Crippen molar-refractivity contribution in [3.8, 4) is 0 Å². The van der Waals surface area contributed by atoms with E-state index in [2.05, 4.69) is 48.1 Å². The standard InChI is InChI=1S/C19H33N5O3/c1-12(2)17-21-18(27-22-17)14-6-8-23(9-7-14)19(25)20-15-10-24(13(3)4)11-16(15)26-5/h12-16H,6-11H2,1-5H3,(H,20,25)/t15-,16-/m0/s1. The molecule has 0 bridgehead atoms. The van der Waals surface area contributed by atoms with Gasteiger partial charge in [0.05, 0.1) is 12.1 Å². The van der Waals surface area contributed by atoms with E-state index in [-0.39, 0.29) is 30.0 Å². The first kappa shape index (κ1) is 20.1. The molecule has 27 heavy (non-hydrogen) atoms. The molecule has 8 heteroatoms. The van der Waals surface area contributed by atoms with Crippen LogP contribution in [0.3, 0.4) is 0 Å². The highest BCUT2D eigenvalue weighted by Crippen LogP contribution is 2.28. The lowest BCUT2D eigenvalue weighted by atomic mass is 9.97. The van der Waals surface area contributed by atoms with E-state index in [4.69, 9.17) is 9.26 Å². The minimum atomic E-state index is -0.000459. The van der Waals surface area contributed by atoms with Crippen molar-refractivity contribution >= 4 is 6.03 Å². The number of nitrogens with one attached hydrogen (secondary N) is 1. The fourth-order valence-corrected chi connectivity index (χ4v) is 3.83. The number of urea groups is 1. The summed E-state index contributed by atoms with van der Waals surface area (Å²) in [4.78, 5) is 21.5. The second-order valence-corrected chi connectivity index (χ2v) is 8.28. The molecule has 0 aliphatic carbocycles. The number of aromatic nitrogens is 2. The molecule has 3 heterocycles. The van der Waals surface area contributed by atoms with Gasteiger partial charge in [0.1, 0.15) is 0 Å². The number of carbonyl (C=O) groups is 1. The molecule has 8 nitrogen and oxygen atoms in total. The van der Waals surface area contributed by atoms with Crippen molar-refractivity contribution in [2.75, 3.05) is 33.3 Å². The molecule has 0 aromatic carbocycles. The van der Waals surface area contributed by atoms with Crippen LogP contribution in [-0.4, -0.2) is 77.4 Å². The van der Waals surface area contributed by atoms with Crippen LogP contribution in [0.5, 0.6) is 0 Å². The molecule has 1 aromatic rings. The number of likely N-dealkylation sites (tertiary alicyclic amines) is 2. The molecule has 2 amide bonds. The Morgan fingerprint density at radius 1 is 1.22 bits per heavy atom. The van der Waals surface area contributed by atoms with Crippen LogP contribution in [0, 0.1) is 0 Å². The van der Waals surface area contributed by atoms with E-state index in [1.807, 2.05) is 4.90 Å². The minimum absolute atomic E-state index is 0.000459. The molecule has 0 spiro atoms. The zero-order valence-electron chi connectivity index (χ0n) is 17.1. The number of rotatable bonds is 5. The average molecular weight is 380 g/mol. The Kier molecular flexibility index (Phi) is 6.37. The van der Waals surface area contributed by atoms with E-state index >= 15 is 0 Å². The van der Waals surface area contributed by atoms with E-state index in [1.165, 1.54) is 0 Å². The predicted octanol–water partition coefficient (Wildman–Crippen LogP) is 2.19. The van der Waals surface area contributed by atoms with Gasteiger partial charge in [-0.2, -0.15) is 4.98 Å². The molecule has 0 saturated carbocycles. The Morgan fingerprint density at radius 3 is 2.48 bits per heavy atom. The molecule has 2 fully saturated rings. The van der Waals surface area contributed by atoms with Gasteiger partial charge >= 0.3 is 6.03 Å². The van der Waals surface area contributed by atoms with Gasteiger partial charge in [-0.1, -0.05) is 19.0 Å². The molecule has 3 rings (SSSR count). The fraction of sp³-hybridized carbons (Fsp3) is 0.842. The Hall–Kier alpha value is -1.67. The van der Waals surface area contributed by atoms with Crippen LogP contribution >= 0.6 is 0 Å². The summed E-state index contributed by atoms with van der Waals surface area (Å²) >= 11 is 0. The number of hydrogen-bond acceptors (Lipinski definition) is 6. The zero-order chi connectivity index (χ0) is 19.6. The van der Waals surface area contributed by atoms with Gasteiger partial charge in [0, 0.05) is 51.2 Å². The van der Waals surface area contributed by atoms with Gasteiger partial charge in [0.15, 0.2) is 5.82 Å². The topological polar surface area (TPSA) is 83.7 Å². The minimum Gasteiger partial charge on any atom is -0.378 e. The van der Waals surface area contributed by atoms with Crippen LogP contribution in [0.25, 0.3) is 0 Å². The van der Waals surface area contributed by atoms with Gasteiger partial charge in [-0.05, 0) is 26.7 Å². The third-order valence-electron chi connectivity index (χ3n) is 5.74. The number of piperidine rings is 1. The van der Waals surface area contributed by atoms with Crippen LogP contribution < -0.4 is 5.32 Å². The van der Waals surface area contributed by atoms with Crippen molar-refractivity contribution in [1.82, 2.24) is 25.3 Å². The second kappa shape index (κ2) is 8.56. The normalized spacial score (nSPS) is 24.9. The predicted molar refractivity (Wildman–Crippen MR) is 102 cm³/mol. The summed E-state index contributed by atoms with van der Waals surface area (Å²) in [5.41, 5.74) is 0. The summed E-state index contributed by atoms with van der Waals surface area (Å²) in [5, 5.41) is 7.23. The van der Waals surface area contributed by atoms with Gasteiger partial charge in [-0.3, -0.25) is 4.90 Å². The van der Waals surface area contributed by atoms with E-state index in [9.17, 15) is 4.79 Å². The van der Waals surface area contributed by atoms with Crippen molar-refractivity contribution in [2.24, 2.45) is 0 Å². The van der Waals surface area contributed by atoms with E-state index in [1.54, 1.807) is 7.11 Å². The number of amides is 2. The molecule has 2 atom stereocenters. The number of ether oxygens (including phenoxy) is 1. The molecule has 152 valence electrons. The Morgan fingerprint density at radius 2 is 1.93 bits per heavy atom. The summed E-state index contributed by atoms with van der Waals surface area (Å²) in [5.74, 6) is 1.97. The second-order valence-electron chi connectivity index (χ2n) is 8.28. The third-order valence-corrected chi connectivity index (χ3v) is 5.74. The quantitative estimate of drug-likeness (QED) is 0.844. The monoisotopic (exact) mass is 379 g/mol. The van der Waals surface area contributed by atoms with Gasteiger partial charge in [-0.25, -0.2) is 4.79 Å². The molecular weight excluding hydrogens is 346 g/mol. The van der Waals surface area contributed by atoms with Crippen LogP contribution in [0.1, 0.15) is 64.1 Å². The smallest absolute Gasteiger partial charge is 0.317 e. The van der Waals surface area contributed by atoms with Crippen molar-refractivity contribution < 1.29 is 14.1 Å². The van der Waals surface area contributed by atoms with Gasteiger partial charge in [0.25, 0.3) is 0 Å². The third kappa shape index (κ3) is 4.60. The molecule has 0 unspecified atom stereocenters. The van der Waals surface area contributed by atoms with Crippen molar-refractivity contribution in [1.29, 1.82) is 0 Å². The maximum atomic E-state index is 12.7. The lowest BCUT2D eigenvalue weighted by Crippen LogP contribution is -2.51. The lowest BCUT2D eigenvalue weighted by Gasteiger charge is -2.32. The highest BCUT2D eigenvalue weighted by Gasteiger charge is 2.36. The first-order chi connectivity index (χ1) is 12.9. The van der Waals surface area contributed by atoms with E-state index < -0.39 is 0 Å². The Bertz CT molecular complexity index is 625. The molecule has 1 aromatic heterocycles. The van der Waals surface area contributed by atoms with Crippen molar-refractivity contribution in [3.05, 3.63) is 11.7 Å². The summed E-state index contributed by atoms with van der Waals surface area (Å²) < 4.78 is 11.0. The van der Waals surface area contributed by atoms with Crippen LogP contribution in [0.15, 0.2) is 4.52 Å². The molecule has 1 N–H and O–H groups in total. The van der Waals surface area contributed by atoms with Gasteiger partial charge in [-0.15, -0.1) is 0 Å². The molecule has 2 aliphatic rings. The van der Waals surface area contributed by atoms with Crippen LogP contribution in [0.4, 0.5) is 4.79 Å². The van der Waals surface area contributed by atoms with Crippen LogP contribution in [0.2, 0.25) is 0 Å². The first-order valence-electron chi connectivity index (χ1n) is 10.0. The van der Waals surface area contributed by atoms with Gasteiger partial charge < -0.3 is 19.5 Å². The zero-order valence-corrected chi connectivity index (χ0v) is 17.1. The molecular formula is C19H33N5O3. The highest BCUT2D eigenvalue weighted by molar-refractivity contribution is 5.74. The van der Waals surface area contributed by atoms with Crippen LogP contribution in [-0.2, 0) is 4.74 Å². The number of nitrogens with zero attached hydrogens (tertiary/aromatic N) is 4. The number of hydrogen-bond donors (Lipinski definition) is 1. The SMILES string of the molecule is CO[C@H]1CN(C(C)C)C[C@@H]1NC(=O)N1CCC(c2nc(C(C)C)no2)CC1. The lowest BCUT2D eigenvalue weighted by molar-refractivity contribution is 0.0861. The maximum Gasteiger partial charge on any atom is 0.317 e. The summed E-state index contributed by atoms with van der Waals surface area (Å²) in [6, 6.07) is 0.483. The highest BCUT2D eigenvalue weighted by atomic mass is 16.5. The van der Waals surface area contributed by atoms with Gasteiger partial charge in [0.2, 0.25) is 5.89 Å². The molecule has 2 saturated heterocycles. The summed E-state index contributed by atoms with van der Waals surface area (Å²) in [6.45, 7) is 11.5. The average Bonchev–Trinajstić information content (AvgIpc) is 3.29. The summed E-state index contributed by atoms with van der Waals surface area (Å²) in [6.07, 6.45) is 1.74. The number of methoxy groups -OCH3 is 1. The molecule has 2 aliphatic heterocycles. The van der Waals surface area contributed by atoms with Crippen molar-refractivity contribution in [2.45, 2.75) is 70.6 Å². The Labute approximate surface area is 161 Å². The summed E-state index contributed by atoms with van der Waals surface area (Å²) in [7, 11) is 1.72. The molecule has 0 radical (unpaired) electrons. The van der Waals surface area contributed by atoms with E-state index in [0.717, 1.165) is 31.8 Å². The fourth-order valence-electron chi connectivity index (χ4n) is 3.83. The number of carbonyl (C=O) groups excluding carboxylic acids is 1. The largest absolute Gasteiger partial charge is 0.378 e. The Balaban J connectivity index is 1.51.